The zero-order chi connectivity index (χ0) is 21.6. The van der Waals surface area contributed by atoms with Crippen molar-refractivity contribution in [1.29, 1.82) is 0 Å². The maximum atomic E-state index is 13.3. The lowest BCUT2D eigenvalue weighted by atomic mass is 9.71. The van der Waals surface area contributed by atoms with Crippen LogP contribution < -0.4 is 16.2 Å². The highest BCUT2D eigenvalue weighted by Crippen LogP contribution is 2.45. The van der Waals surface area contributed by atoms with E-state index in [1.54, 1.807) is 17.7 Å². The van der Waals surface area contributed by atoms with Gasteiger partial charge in [-0.3, -0.25) is 9.36 Å². The highest BCUT2D eigenvalue weighted by atomic mass is 35.5. The summed E-state index contributed by atoms with van der Waals surface area (Å²) < 4.78 is 7.41. The molecular formula is C22H30Cl2N4O2. The second-order valence-electron chi connectivity index (χ2n) is 9.08. The molecule has 0 amide bonds. The fraction of sp³-hybridized carbons (Fsp3) is 0.636. The summed E-state index contributed by atoms with van der Waals surface area (Å²) in [7, 11) is 1.78. The van der Waals surface area contributed by atoms with Gasteiger partial charge < -0.3 is 15.4 Å². The van der Waals surface area contributed by atoms with Gasteiger partial charge in [-0.2, -0.15) is 4.98 Å². The maximum absolute atomic E-state index is 13.3. The second-order valence-corrected chi connectivity index (χ2v) is 9.90. The van der Waals surface area contributed by atoms with E-state index in [-0.39, 0.29) is 28.8 Å². The summed E-state index contributed by atoms with van der Waals surface area (Å²) in [5.41, 5.74) is 6.91. The minimum atomic E-state index is -0.222. The first-order valence-electron chi connectivity index (χ1n) is 10.7. The van der Waals surface area contributed by atoms with Crippen LogP contribution in [0.4, 0.5) is 11.8 Å². The molecule has 0 aromatic carbocycles. The number of nitrogens with two attached hydrogens (primary N) is 1. The first-order valence-corrected chi connectivity index (χ1v) is 11.4. The van der Waals surface area contributed by atoms with E-state index in [1.165, 1.54) is 0 Å². The molecule has 1 aromatic heterocycles. The van der Waals surface area contributed by atoms with Gasteiger partial charge in [-0.1, -0.05) is 42.3 Å². The molecule has 1 aromatic rings. The molecule has 3 unspecified atom stereocenters. The lowest BCUT2D eigenvalue weighted by Crippen LogP contribution is -2.40. The molecule has 2 fully saturated rings. The van der Waals surface area contributed by atoms with Crippen LogP contribution in [-0.2, 0) is 11.8 Å². The van der Waals surface area contributed by atoms with E-state index in [2.05, 4.69) is 18.7 Å². The van der Waals surface area contributed by atoms with Crippen LogP contribution in [0.1, 0.15) is 51.0 Å². The number of nitrogens with zero attached hydrogens (tertiary/aromatic N) is 3. The van der Waals surface area contributed by atoms with Crippen molar-refractivity contribution in [3.8, 4) is 0 Å². The number of ether oxygens (including phenoxy) is 1. The van der Waals surface area contributed by atoms with Gasteiger partial charge in [-0.25, -0.2) is 0 Å². The molecule has 3 heterocycles. The van der Waals surface area contributed by atoms with Crippen molar-refractivity contribution >= 4 is 35.0 Å². The molecule has 2 saturated heterocycles. The van der Waals surface area contributed by atoms with Gasteiger partial charge in [0.05, 0.1) is 22.2 Å². The average molecular weight is 453 g/mol. The molecule has 1 aliphatic carbocycles. The Morgan fingerprint density at radius 2 is 2.07 bits per heavy atom. The maximum Gasteiger partial charge on any atom is 0.260 e. The van der Waals surface area contributed by atoms with E-state index in [1.807, 2.05) is 6.08 Å². The van der Waals surface area contributed by atoms with Gasteiger partial charge in [0.1, 0.15) is 5.82 Å². The van der Waals surface area contributed by atoms with E-state index in [4.69, 9.17) is 38.7 Å². The van der Waals surface area contributed by atoms with Gasteiger partial charge >= 0.3 is 0 Å². The molecular weight excluding hydrogens is 423 g/mol. The number of hydrogen-bond donors (Lipinski definition) is 1. The first kappa shape index (κ1) is 21.7. The summed E-state index contributed by atoms with van der Waals surface area (Å²) in [6.07, 6.45) is 7.35. The molecule has 0 saturated carbocycles. The summed E-state index contributed by atoms with van der Waals surface area (Å²) in [5.74, 6) is 1.25. The van der Waals surface area contributed by atoms with Gasteiger partial charge in [0, 0.05) is 37.6 Å². The molecule has 0 radical (unpaired) electrons. The van der Waals surface area contributed by atoms with Crippen molar-refractivity contribution in [3.63, 3.8) is 0 Å². The largest absolute Gasteiger partial charge is 0.383 e. The smallest absolute Gasteiger partial charge is 0.260 e. The van der Waals surface area contributed by atoms with Crippen LogP contribution >= 0.6 is 23.2 Å². The summed E-state index contributed by atoms with van der Waals surface area (Å²) in [4.78, 5) is 20.3. The second kappa shape index (κ2) is 8.21. The highest BCUT2D eigenvalue weighted by molar-refractivity contribution is 6.44. The fourth-order valence-corrected chi connectivity index (χ4v) is 5.69. The molecule has 30 heavy (non-hydrogen) atoms. The minimum Gasteiger partial charge on any atom is -0.383 e. The Balaban J connectivity index is 1.68. The van der Waals surface area contributed by atoms with E-state index in [9.17, 15) is 4.79 Å². The fourth-order valence-electron chi connectivity index (χ4n) is 5.31. The van der Waals surface area contributed by atoms with Crippen LogP contribution in [0.2, 0.25) is 0 Å². The third kappa shape index (κ3) is 3.67. The van der Waals surface area contributed by atoms with Crippen LogP contribution in [-0.4, -0.2) is 35.4 Å². The van der Waals surface area contributed by atoms with Crippen molar-refractivity contribution in [1.82, 2.24) is 9.55 Å². The minimum absolute atomic E-state index is 0.127. The van der Waals surface area contributed by atoms with Crippen LogP contribution in [0, 0.1) is 11.3 Å². The van der Waals surface area contributed by atoms with Gasteiger partial charge in [-0.05, 0) is 38.5 Å². The molecule has 164 valence electrons. The first-order chi connectivity index (χ1) is 14.2. The van der Waals surface area contributed by atoms with E-state index in [0.29, 0.717) is 33.9 Å². The van der Waals surface area contributed by atoms with Gasteiger partial charge in [0.15, 0.2) is 0 Å². The highest BCUT2D eigenvalue weighted by Gasteiger charge is 2.44. The van der Waals surface area contributed by atoms with Crippen LogP contribution in [0.5, 0.6) is 0 Å². The lowest BCUT2D eigenvalue weighted by Gasteiger charge is -2.35. The Morgan fingerprint density at radius 1 is 1.30 bits per heavy atom. The number of rotatable bonds is 2. The number of halogens is 2. The standard InChI is InChI=1S/C22H30Cl2N4O2/c1-13-6-8-28(14(2)11-22(13)7-9-30-12-22)21-26-19(25)18(20(29)27(21)3)15-4-5-16(23)17(24)10-15/h5,10,13-15H,4,6-9,11-12,25H2,1-3H3/t13?,14-,15?,22?/m1/s1. The predicted octanol–water partition coefficient (Wildman–Crippen LogP) is 4.13. The Kier molecular flexibility index (Phi) is 5.94. The van der Waals surface area contributed by atoms with Gasteiger partial charge in [0.25, 0.3) is 5.56 Å². The van der Waals surface area contributed by atoms with E-state index in [0.717, 1.165) is 39.0 Å². The number of hydrogen-bond acceptors (Lipinski definition) is 5. The molecule has 0 bridgehead atoms. The summed E-state index contributed by atoms with van der Waals surface area (Å²) in [6, 6.07) is 0.241. The van der Waals surface area contributed by atoms with E-state index >= 15 is 0 Å². The Bertz CT molecular complexity index is 949. The van der Waals surface area contributed by atoms with Crippen LogP contribution in [0.15, 0.2) is 27.0 Å². The SMILES string of the molecule is CC1CCN(c2nc(N)c(C3C=C(Cl)C(Cl)=CC3)c(=O)n2C)[C@H](C)CC12CCOC2. The molecule has 8 heteroatoms. The summed E-state index contributed by atoms with van der Waals surface area (Å²) >= 11 is 12.3. The van der Waals surface area contributed by atoms with Crippen molar-refractivity contribution in [2.75, 3.05) is 30.4 Å². The van der Waals surface area contributed by atoms with Crippen LogP contribution in [0.25, 0.3) is 0 Å². The molecule has 3 aliphatic rings. The third-order valence-corrected chi connectivity index (χ3v) is 8.09. The Morgan fingerprint density at radius 3 is 2.73 bits per heavy atom. The number of aromatic nitrogens is 2. The monoisotopic (exact) mass is 452 g/mol. The topological polar surface area (TPSA) is 73.4 Å². The predicted molar refractivity (Wildman–Crippen MR) is 122 cm³/mol. The average Bonchev–Trinajstić information content (AvgIpc) is 3.13. The number of nitrogen functional groups attached to an aromatic ring is 1. The number of allylic oxidation sites excluding steroid dienone is 4. The summed E-state index contributed by atoms with van der Waals surface area (Å²) in [5, 5.41) is 0.947. The van der Waals surface area contributed by atoms with Crippen molar-refractivity contribution in [2.24, 2.45) is 18.4 Å². The zero-order valence-corrected chi connectivity index (χ0v) is 19.3. The van der Waals surface area contributed by atoms with Crippen molar-refractivity contribution < 1.29 is 4.74 Å². The van der Waals surface area contributed by atoms with Crippen molar-refractivity contribution in [2.45, 2.75) is 51.5 Å². The van der Waals surface area contributed by atoms with Gasteiger partial charge in [0.2, 0.25) is 5.95 Å². The Hall–Kier alpha value is -1.50. The van der Waals surface area contributed by atoms with Gasteiger partial charge in [-0.15, -0.1) is 0 Å². The lowest BCUT2D eigenvalue weighted by molar-refractivity contribution is 0.104. The van der Waals surface area contributed by atoms with E-state index < -0.39 is 0 Å². The molecule has 6 nitrogen and oxygen atoms in total. The molecule has 1 spiro atoms. The molecule has 2 aliphatic heterocycles. The van der Waals surface area contributed by atoms with Crippen molar-refractivity contribution in [3.05, 3.63) is 38.1 Å². The molecule has 4 rings (SSSR count). The molecule has 4 atom stereocenters. The summed E-state index contributed by atoms with van der Waals surface area (Å²) in [6.45, 7) is 7.05. The number of anilines is 2. The van der Waals surface area contributed by atoms with Crippen LogP contribution in [0.3, 0.4) is 0 Å². The third-order valence-electron chi connectivity index (χ3n) is 7.30. The zero-order valence-electron chi connectivity index (χ0n) is 17.8. The molecule has 2 N–H and O–H groups in total. The normalized spacial score (nSPS) is 32.2. The Labute approximate surface area is 187 Å². The quantitative estimate of drug-likeness (QED) is 0.729.